The van der Waals surface area contributed by atoms with Crippen molar-refractivity contribution in [1.82, 2.24) is 9.88 Å². The van der Waals surface area contributed by atoms with Crippen LogP contribution in [-0.2, 0) is 0 Å². The van der Waals surface area contributed by atoms with E-state index in [0.717, 1.165) is 24.2 Å². The lowest BCUT2D eigenvalue weighted by atomic mass is 10.0. The first kappa shape index (κ1) is 24.7. The number of nitriles is 1. The molecule has 1 fully saturated rings. The number of rotatable bonds is 5. The summed E-state index contributed by atoms with van der Waals surface area (Å²) in [6.07, 6.45) is 6.31. The van der Waals surface area contributed by atoms with Gasteiger partial charge in [-0.3, -0.25) is 14.6 Å². The van der Waals surface area contributed by atoms with Crippen molar-refractivity contribution in [1.29, 1.82) is 5.26 Å². The number of anilines is 3. The van der Waals surface area contributed by atoms with E-state index in [1.54, 1.807) is 27.0 Å². The van der Waals surface area contributed by atoms with Crippen LogP contribution in [0.25, 0.3) is 10.2 Å². The average Bonchev–Trinajstić information content (AvgIpc) is 3.16. The molecule has 0 saturated carbocycles. The van der Waals surface area contributed by atoms with Crippen LogP contribution >= 0.6 is 11.3 Å². The number of hydrogen-bond acceptors (Lipinski definition) is 7. The molecule has 2 N–H and O–H groups in total. The van der Waals surface area contributed by atoms with Crippen LogP contribution in [0.5, 0.6) is 11.5 Å². The summed E-state index contributed by atoms with van der Waals surface area (Å²) >= 11 is 1.19. The Labute approximate surface area is 229 Å². The summed E-state index contributed by atoms with van der Waals surface area (Å²) in [5.74, 6) is 0.775. The molecule has 4 heterocycles. The number of amides is 3. The molecule has 2 aromatic heterocycles. The van der Waals surface area contributed by atoms with Crippen molar-refractivity contribution in [3.8, 4) is 17.7 Å². The summed E-state index contributed by atoms with van der Waals surface area (Å²) < 4.78 is 6.02. The molecule has 4 aromatic rings. The Morgan fingerprint density at radius 2 is 1.95 bits per heavy atom. The number of ether oxygens (including phenoxy) is 1. The van der Waals surface area contributed by atoms with Crippen molar-refractivity contribution >= 4 is 50.6 Å². The van der Waals surface area contributed by atoms with Gasteiger partial charge in [0.15, 0.2) is 6.19 Å². The molecule has 2 aliphatic rings. The number of aromatic nitrogens is 1. The molecule has 2 aliphatic heterocycles. The zero-order chi connectivity index (χ0) is 27.1. The fourth-order valence-electron chi connectivity index (χ4n) is 5.44. The summed E-state index contributed by atoms with van der Waals surface area (Å²) in [5, 5.41) is 10.4. The number of likely N-dealkylation sites (tertiary alicyclic amines) is 1. The SMILES string of the molecule is Cc1cc(Oc2ccccc2)ccc1N1C(=O)N(C2CCCCN(C#N)C2)c2c(C(N)=O)sc3nccc1c23. The second kappa shape index (κ2) is 9.93. The van der Waals surface area contributed by atoms with E-state index in [4.69, 9.17) is 10.5 Å². The number of urea groups is 1. The smallest absolute Gasteiger partial charge is 0.334 e. The molecule has 1 saturated heterocycles. The normalized spacial score (nSPS) is 17.2. The molecule has 3 amide bonds. The first-order valence-electron chi connectivity index (χ1n) is 12.8. The van der Waals surface area contributed by atoms with Crippen molar-refractivity contribution in [2.24, 2.45) is 5.73 Å². The molecule has 9 nitrogen and oxygen atoms in total. The largest absolute Gasteiger partial charge is 0.457 e. The number of thiophene rings is 1. The van der Waals surface area contributed by atoms with Gasteiger partial charge in [0, 0.05) is 19.3 Å². The number of benzene rings is 2. The molecule has 0 aliphatic carbocycles. The van der Waals surface area contributed by atoms with Gasteiger partial charge in [0.1, 0.15) is 21.2 Å². The summed E-state index contributed by atoms with van der Waals surface area (Å²) in [4.78, 5) is 37.6. The van der Waals surface area contributed by atoms with Crippen LogP contribution in [0.3, 0.4) is 0 Å². The van der Waals surface area contributed by atoms with E-state index in [1.807, 2.05) is 55.5 Å². The van der Waals surface area contributed by atoms with Gasteiger partial charge < -0.3 is 15.4 Å². The topological polar surface area (TPSA) is 116 Å². The minimum Gasteiger partial charge on any atom is -0.457 e. The maximum absolute atomic E-state index is 14.5. The van der Waals surface area contributed by atoms with Crippen LogP contribution in [0.2, 0.25) is 0 Å². The number of pyridine rings is 1. The molecule has 2 aromatic carbocycles. The van der Waals surface area contributed by atoms with Gasteiger partial charge in [-0.2, -0.15) is 5.26 Å². The van der Waals surface area contributed by atoms with Gasteiger partial charge in [0.2, 0.25) is 0 Å². The Kier molecular flexibility index (Phi) is 6.29. The Morgan fingerprint density at radius 3 is 2.69 bits per heavy atom. The third-order valence-electron chi connectivity index (χ3n) is 7.19. The van der Waals surface area contributed by atoms with Crippen molar-refractivity contribution in [3.05, 3.63) is 71.2 Å². The number of nitrogens with zero attached hydrogens (tertiary/aromatic N) is 5. The van der Waals surface area contributed by atoms with E-state index in [2.05, 4.69) is 11.2 Å². The molecule has 10 heteroatoms. The second-order valence-corrected chi connectivity index (χ2v) is 10.7. The van der Waals surface area contributed by atoms with Gasteiger partial charge in [-0.25, -0.2) is 9.78 Å². The Balaban J connectivity index is 1.49. The van der Waals surface area contributed by atoms with Crippen LogP contribution in [0, 0.1) is 18.4 Å². The maximum Gasteiger partial charge on any atom is 0.334 e. The molecule has 1 unspecified atom stereocenters. The van der Waals surface area contributed by atoms with Crippen molar-refractivity contribution in [2.45, 2.75) is 32.2 Å². The van der Waals surface area contributed by atoms with E-state index in [0.29, 0.717) is 57.4 Å². The van der Waals surface area contributed by atoms with Gasteiger partial charge in [0.25, 0.3) is 5.91 Å². The highest BCUT2D eigenvalue weighted by Crippen LogP contribution is 2.50. The van der Waals surface area contributed by atoms with E-state index < -0.39 is 5.91 Å². The van der Waals surface area contributed by atoms with Gasteiger partial charge in [-0.05, 0) is 68.1 Å². The second-order valence-electron chi connectivity index (χ2n) is 9.70. The van der Waals surface area contributed by atoms with E-state index >= 15 is 0 Å². The summed E-state index contributed by atoms with van der Waals surface area (Å²) in [6, 6.07) is 16.3. The van der Waals surface area contributed by atoms with Crippen molar-refractivity contribution in [3.63, 3.8) is 0 Å². The van der Waals surface area contributed by atoms with Crippen LogP contribution in [-0.4, -0.2) is 41.0 Å². The lowest BCUT2D eigenvalue weighted by Crippen LogP contribution is -2.52. The zero-order valence-corrected chi connectivity index (χ0v) is 22.1. The van der Waals surface area contributed by atoms with E-state index in [1.165, 1.54) is 11.3 Å². The van der Waals surface area contributed by atoms with Crippen LogP contribution in [0.1, 0.15) is 34.5 Å². The number of carbonyl (C=O) groups excluding carboxylic acids is 2. The maximum atomic E-state index is 14.5. The average molecular weight is 539 g/mol. The van der Waals surface area contributed by atoms with Gasteiger partial charge in [-0.1, -0.05) is 18.2 Å². The number of hydrogen-bond donors (Lipinski definition) is 1. The lowest BCUT2D eigenvalue weighted by molar-refractivity contribution is 0.100. The van der Waals surface area contributed by atoms with Crippen LogP contribution in [0.4, 0.5) is 21.9 Å². The summed E-state index contributed by atoms with van der Waals surface area (Å²) in [6.45, 7) is 2.95. The lowest BCUT2D eigenvalue weighted by Gasteiger charge is -2.40. The summed E-state index contributed by atoms with van der Waals surface area (Å²) in [5.41, 5.74) is 8.50. The standard InChI is InChI=1S/C29H26N6O3S/c1-18-15-21(38-20-8-3-2-4-9-20)10-11-22(18)35-23-12-13-32-28-24(23)25(26(39-28)27(31)36)34(29(35)37)19-7-5-6-14-33(16-19)17-30/h2-4,8-13,15,19H,5-7,14,16H2,1H3,(H2,31,36). The molecule has 0 radical (unpaired) electrons. The number of para-hydroxylation sites is 1. The van der Waals surface area contributed by atoms with Gasteiger partial charge in [0.05, 0.1) is 28.5 Å². The first-order valence-corrected chi connectivity index (χ1v) is 13.6. The van der Waals surface area contributed by atoms with Crippen LogP contribution in [0.15, 0.2) is 60.8 Å². The highest BCUT2D eigenvalue weighted by molar-refractivity contribution is 7.21. The predicted octanol–water partition coefficient (Wildman–Crippen LogP) is 5.91. The first-order chi connectivity index (χ1) is 19.0. The summed E-state index contributed by atoms with van der Waals surface area (Å²) in [7, 11) is 0. The fourth-order valence-corrected chi connectivity index (χ4v) is 6.45. The molecular formula is C29H26N6O3S. The molecule has 196 valence electrons. The van der Waals surface area contributed by atoms with Crippen molar-refractivity contribution in [2.75, 3.05) is 22.9 Å². The molecule has 6 rings (SSSR count). The Bertz CT molecular complexity index is 1630. The minimum atomic E-state index is -0.602. The van der Waals surface area contributed by atoms with Crippen LogP contribution < -0.4 is 20.3 Å². The number of primary amides is 1. The highest BCUT2D eigenvalue weighted by atomic mass is 32.1. The Morgan fingerprint density at radius 1 is 1.13 bits per heavy atom. The third kappa shape index (κ3) is 4.30. The fraction of sp³-hybridized carbons (Fsp3) is 0.241. The predicted molar refractivity (Wildman–Crippen MR) is 151 cm³/mol. The van der Waals surface area contributed by atoms with E-state index in [-0.39, 0.29) is 12.1 Å². The molecule has 0 spiro atoms. The van der Waals surface area contributed by atoms with Gasteiger partial charge >= 0.3 is 6.03 Å². The van der Waals surface area contributed by atoms with Crippen molar-refractivity contribution < 1.29 is 14.3 Å². The third-order valence-corrected chi connectivity index (χ3v) is 8.29. The Hall–Kier alpha value is -4.62. The monoisotopic (exact) mass is 538 g/mol. The highest BCUT2D eigenvalue weighted by Gasteiger charge is 2.42. The molecule has 0 bridgehead atoms. The van der Waals surface area contributed by atoms with E-state index in [9.17, 15) is 14.9 Å². The number of nitrogens with two attached hydrogens (primary N) is 1. The quantitative estimate of drug-likeness (QED) is 0.316. The molecule has 1 atom stereocenters. The number of carbonyl (C=O) groups is 2. The zero-order valence-electron chi connectivity index (χ0n) is 21.3. The molecular weight excluding hydrogens is 512 g/mol. The number of aryl methyl sites for hydroxylation is 1. The van der Waals surface area contributed by atoms with Gasteiger partial charge in [-0.15, -0.1) is 11.3 Å². The molecule has 39 heavy (non-hydrogen) atoms. The minimum absolute atomic E-state index is 0.291.